The van der Waals surface area contributed by atoms with Crippen molar-refractivity contribution in [3.05, 3.63) is 22.5 Å². The summed E-state index contributed by atoms with van der Waals surface area (Å²) in [7, 11) is 1.63. The lowest BCUT2D eigenvalue weighted by Crippen LogP contribution is -2.19. The minimum atomic E-state index is -0.309. The molecule has 0 aliphatic rings. The Kier molecular flexibility index (Phi) is 4.72. The predicted molar refractivity (Wildman–Crippen MR) is 79.1 cm³/mol. The molecule has 7 heteroatoms. The van der Waals surface area contributed by atoms with Gasteiger partial charge in [0, 0.05) is 6.04 Å². The van der Waals surface area contributed by atoms with Crippen LogP contribution < -0.4 is 10.5 Å². The third-order valence-electron chi connectivity index (χ3n) is 3.16. The van der Waals surface area contributed by atoms with Crippen molar-refractivity contribution in [3.63, 3.8) is 0 Å². The number of methoxy groups -OCH3 is 1. The first-order chi connectivity index (χ1) is 9.60. The molecule has 0 aliphatic carbocycles. The topological polar surface area (TPSA) is 78.8 Å². The fraction of sp³-hybridized carbons (Fsp3) is 0.615. The number of rotatable bonds is 6. The molecule has 0 amide bonds. The van der Waals surface area contributed by atoms with Gasteiger partial charge in [0.15, 0.2) is 5.75 Å². The van der Waals surface area contributed by atoms with Crippen LogP contribution in [0.4, 0.5) is 0 Å². The van der Waals surface area contributed by atoms with Gasteiger partial charge in [-0.1, -0.05) is 17.8 Å². The number of nitrogens with zero attached hydrogens (tertiary/aromatic N) is 4. The van der Waals surface area contributed by atoms with Gasteiger partial charge in [0.2, 0.25) is 0 Å². The first-order valence-corrected chi connectivity index (χ1v) is 7.55. The molecule has 0 bridgehead atoms. The molecular weight excluding hydrogens is 274 g/mol. The maximum Gasteiger partial charge on any atom is 0.161 e. The van der Waals surface area contributed by atoms with E-state index in [0.717, 1.165) is 29.1 Å². The van der Waals surface area contributed by atoms with Gasteiger partial charge in [-0.3, -0.25) is 4.68 Å². The van der Waals surface area contributed by atoms with E-state index in [1.54, 1.807) is 13.3 Å². The van der Waals surface area contributed by atoms with Crippen LogP contribution in [0.25, 0.3) is 0 Å². The summed E-state index contributed by atoms with van der Waals surface area (Å²) in [5.74, 6) is 0.710. The zero-order valence-corrected chi connectivity index (χ0v) is 13.1. The van der Waals surface area contributed by atoms with E-state index in [-0.39, 0.29) is 12.1 Å². The van der Waals surface area contributed by atoms with E-state index in [2.05, 4.69) is 35.5 Å². The second-order valence-electron chi connectivity index (χ2n) is 4.95. The van der Waals surface area contributed by atoms with Gasteiger partial charge < -0.3 is 10.5 Å². The highest BCUT2D eigenvalue weighted by Crippen LogP contribution is 2.33. The van der Waals surface area contributed by atoms with Gasteiger partial charge in [0.1, 0.15) is 5.69 Å². The average molecular weight is 295 g/mol. The van der Waals surface area contributed by atoms with Gasteiger partial charge in [0.25, 0.3) is 0 Å². The first kappa shape index (κ1) is 14.9. The molecule has 2 aromatic heterocycles. The molecule has 1 unspecified atom stereocenters. The lowest BCUT2D eigenvalue weighted by Gasteiger charge is -2.17. The van der Waals surface area contributed by atoms with Crippen LogP contribution in [0, 0.1) is 0 Å². The maximum absolute atomic E-state index is 6.44. The Morgan fingerprint density at radius 2 is 2.20 bits per heavy atom. The van der Waals surface area contributed by atoms with Gasteiger partial charge in [-0.2, -0.15) is 5.10 Å². The van der Waals surface area contributed by atoms with Crippen LogP contribution in [-0.2, 0) is 6.42 Å². The number of nitrogens with two attached hydrogens (primary N) is 1. The van der Waals surface area contributed by atoms with Gasteiger partial charge in [-0.15, -0.1) is 5.10 Å². The highest BCUT2D eigenvalue weighted by molar-refractivity contribution is 7.05. The molecule has 1 atom stereocenters. The van der Waals surface area contributed by atoms with E-state index >= 15 is 0 Å². The van der Waals surface area contributed by atoms with Crippen LogP contribution in [0.15, 0.2) is 6.20 Å². The van der Waals surface area contributed by atoms with Crippen molar-refractivity contribution < 1.29 is 4.74 Å². The molecule has 0 saturated carbocycles. The summed E-state index contributed by atoms with van der Waals surface area (Å²) in [6, 6.07) is -0.0909. The summed E-state index contributed by atoms with van der Waals surface area (Å²) in [5, 5.41) is 8.55. The Morgan fingerprint density at radius 3 is 2.80 bits per heavy atom. The van der Waals surface area contributed by atoms with E-state index in [1.807, 2.05) is 4.68 Å². The van der Waals surface area contributed by atoms with Crippen LogP contribution in [-0.4, -0.2) is 26.5 Å². The Labute approximate surface area is 123 Å². The van der Waals surface area contributed by atoms with E-state index in [9.17, 15) is 0 Å². The molecule has 20 heavy (non-hydrogen) atoms. The molecule has 0 fully saturated rings. The quantitative estimate of drug-likeness (QED) is 0.884. The Hall–Kier alpha value is -1.47. The normalized spacial score (nSPS) is 12.9. The summed E-state index contributed by atoms with van der Waals surface area (Å²) in [5.41, 5.74) is 8.30. The monoisotopic (exact) mass is 295 g/mol. The molecule has 0 saturated heterocycles. The zero-order valence-electron chi connectivity index (χ0n) is 12.3. The number of hydrogen-bond donors (Lipinski definition) is 1. The third kappa shape index (κ3) is 2.69. The van der Waals surface area contributed by atoms with Gasteiger partial charge >= 0.3 is 0 Å². The van der Waals surface area contributed by atoms with Crippen molar-refractivity contribution in [3.8, 4) is 5.75 Å². The molecule has 110 valence electrons. The molecule has 6 nitrogen and oxygen atoms in total. The number of aryl methyl sites for hydroxylation is 1. The second-order valence-corrected chi connectivity index (χ2v) is 5.73. The Bertz CT molecular complexity index is 563. The van der Waals surface area contributed by atoms with Crippen molar-refractivity contribution in [2.75, 3.05) is 7.11 Å². The summed E-state index contributed by atoms with van der Waals surface area (Å²) in [6.45, 7) is 6.26. The molecule has 2 heterocycles. The van der Waals surface area contributed by atoms with Crippen molar-refractivity contribution in [1.82, 2.24) is 19.4 Å². The highest BCUT2D eigenvalue weighted by atomic mass is 32.1. The minimum Gasteiger partial charge on any atom is -0.493 e. The Morgan fingerprint density at radius 1 is 1.45 bits per heavy atom. The second kappa shape index (κ2) is 6.32. The molecule has 0 radical (unpaired) electrons. The highest BCUT2D eigenvalue weighted by Gasteiger charge is 2.25. The molecule has 0 spiro atoms. The minimum absolute atomic E-state index is 0.218. The third-order valence-corrected chi connectivity index (χ3v) is 4.01. The van der Waals surface area contributed by atoms with E-state index < -0.39 is 0 Å². The van der Waals surface area contributed by atoms with Crippen molar-refractivity contribution >= 4 is 11.5 Å². The molecule has 0 aromatic carbocycles. The standard InChI is InChI=1S/C13H21N5OS/c1-5-6-9-13(20-17-16-9)11(14)12-10(19-4)7-15-18(12)8(2)3/h7-8,11H,5-6,14H2,1-4H3. The van der Waals surface area contributed by atoms with Crippen LogP contribution in [0.2, 0.25) is 0 Å². The molecule has 0 aliphatic heterocycles. The van der Waals surface area contributed by atoms with E-state index in [0.29, 0.717) is 5.75 Å². The van der Waals surface area contributed by atoms with Gasteiger partial charge in [0.05, 0.1) is 29.9 Å². The van der Waals surface area contributed by atoms with Crippen LogP contribution >= 0.6 is 11.5 Å². The smallest absolute Gasteiger partial charge is 0.161 e. The lowest BCUT2D eigenvalue weighted by atomic mass is 10.1. The van der Waals surface area contributed by atoms with Crippen LogP contribution in [0.3, 0.4) is 0 Å². The van der Waals surface area contributed by atoms with E-state index in [4.69, 9.17) is 10.5 Å². The van der Waals surface area contributed by atoms with Gasteiger partial charge in [-0.25, -0.2) is 0 Å². The van der Waals surface area contributed by atoms with Crippen LogP contribution in [0.5, 0.6) is 5.75 Å². The fourth-order valence-electron chi connectivity index (χ4n) is 2.21. The van der Waals surface area contributed by atoms with Crippen LogP contribution in [0.1, 0.15) is 55.5 Å². The number of aromatic nitrogens is 4. The largest absolute Gasteiger partial charge is 0.493 e. The molecule has 2 N–H and O–H groups in total. The summed E-state index contributed by atoms with van der Waals surface area (Å²) in [4.78, 5) is 0.993. The average Bonchev–Trinajstić information content (AvgIpc) is 3.04. The van der Waals surface area contributed by atoms with Gasteiger partial charge in [-0.05, 0) is 31.8 Å². The first-order valence-electron chi connectivity index (χ1n) is 6.78. The Balaban J connectivity index is 2.44. The SMILES string of the molecule is CCCc1nnsc1C(N)c1c(OC)cnn1C(C)C. The molecule has 2 rings (SSSR count). The van der Waals surface area contributed by atoms with Crippen molar-refractivity contribution in [2.45, 2.75) is 45.7 Å². The fourth-order valence-corrected chi connectivity index (χ4v) is 2.91. The summed E-state index contributed by atoms with van der Waals surface area (Å²) >= 11 is 1.35. The maximum atomic E-state index is 6.44. The summed E-state index contributed by atoms with van der Waals surface area (Å²) < 4.78 is 11.3. The molecular formula is C13H21N5OS. The number of ether oxygens (including phenoxy) is 1. The number of hydrogen-bond acceptors (Lipinski definition) is 6. The zero-order chi connectivity index (χ0) is 14.7. The molecule has 2 aromatic rings. The summed E-state index contributed by atoms with van der Waals surface area (Å²) in [6.07, 6.45) is 3.62. The van der Waals surface area contributed by atoms with Crippen molar-refractivity contribution in [1.29, 1.82) is 0 Å². The van der Waals surface area contributed by atoms with E-state index in [1.165, 1.54) is 11.5 Å². The van der Waals surface area contributed by atoms with Crippen molar-refractivity contribution in [2.24, 2.45) is 5.73 Å². The lowest BCUT2D eigenvalue weighted by molar-refractivity contribution is 0.401. The predicted octanol–water partition coefficient (Wildman–Crippen LogP) is 2.32.